The molecule has 2 rings (SSSR count). The highest BCUT2D eigenvalue weighted by molar-refractivity contribution is 6.32. The van der Waals surface area contributed by atoms with Gasteiger partial charge in [0, 0.05) is 38.0 Å². The minimum absolute atomic E-state index is 0.0918. The smallest absolute Gasteiger partial charge is 0.246 e. The zero-order valence-corrected chi connectivity index (χ0v) is 16.0. The first kappa shape index (κ1) is 19.8. The van der Waals surface area contributed by atoms with Gasteiger partial charge in [-0.3, -0.25) is 9.78 Å². The lowest BCUT2D eigenvalue weighted by Crippen LogP contribution is -2.27. The number of carbonyl (C=O) groups excluding carboxylic acids is 1. The number of aromatic nitrogens is 1. The Morgan fingerprint density at radius 3 is 2.81 bits per heavy atom. The van der Waals surface area contributed by atoms with Crippen LogP contribution in [0.2, 0.25) is 5.02 Å². The van der Waals surface area contributed by atoms with Crippen molar-refractivity contribution in [2.75, 3.05) is 27.3 Å². The number of nitrogens with zero attached hydrogens (tertiary/aromatic N) is 2. The maximum Gasteiger partial charge on any atom is 0.246 e. The van der Waals surface area contributed by atoms with Gasteiger partial charge in [0.2, 0.25) is 5.91 Å². The number of hydrogen-bond acceptors (Lipinski definition) is 4. The number of hydrogen-bond donors (Lipinski definition) is 0. The van der Waals surface area contributed by atoms with Gasteiger partial charge < -0.3 is 14.4 Å². The Balaban J connectivity index is 2.02. The van der Waals surface area contributed by atoms with Gasteiger partial charge in [0.05, 0.1) is 18.7 Å². The van der Waals surface area contributed by atoms with Crippen LogP contribution in [0.15, 0.2) is 42.6 Å². The van der Waals surface area contributed by atoms with E-state index in [-0.39, 0.29) is 5.91 Å². The molecule has 0 saturated heterocycles. The summed E-state index contributed by atoms with van der Waals surface area (Å²) in [7, 11) is 3.31. The average molecular weight is 375 g/mol. The van der Waals surface area contributed by atoms with Crippen molar-refractivity contribution in [2.24, 2.45) is 0 Å². The van der Waals surface area contributed by atoms with Gasteiger partial charge in [-0.25, -0.2) is 0 Å². The maximum absolute atomic E-state index is 12.3. The van der Waals surface area contributed by atoms with E-state index in [0.29, 0.717) is 36.1 Å². The summed E-state index contributed by atoms with van der Waals surface area (Å²) >= 11 is 6.22. The molecule has 26 heavy (non-hydrogen) atoms. The van der Waals surface area contributed by atoms with E-state index < -0.39 is 0 Å². The molecule has 0 atom stereocenters. The lowest BCUT2D eigenvalue weighted by atomic mass is 10.1. The molecule has 1 amide bonds. The molecule has 0 spiro atoms. The van der Waals surface area contributed by atoms with Crippen molar-refractivity contribution >= 4 is 23.6 Å². The fourth-order valence-electron chi connectivity index (χ4n) is 2.38. The normalized spacial score (nSPS) is 10.8. The zero-order valence-electron chi connectivity index (χ0n) is 15.2. The number of likely N-dealkylation sites (N-methyl/N-ethyl adjacent to an activating group) is 1. The van der Waals surface area contributed by atoms with Crippen molar-refractivity contribution in [1.29, 1.82) is 0 Å². The van der Waals surface area contributed by atoms with E-state index in [4.69, 9.17) is 21.1 Å². The number of methoxy groups -OCH3 is 1. The number of amides is 1. The summed E-state index contributed by atoms with van der Waals surface area (Å²) in [6.07, 6.45) is 5.69. The number of pyridine rings is 1. The Morgan fingerprint density at radius 1 is 1.35 bits per heavy atom. The number of ether oxygens (including phenoxy) is 2. The second-order valence-electron chi connectivity index (χ2n) is 5.63. The summed E-state index contributed by atoms with van der Waals surface area (Å²) < 4.78 is 10.8. The van der Waals surface area contributed by atoms with Gasteiger partial charge in [0.15, 0.2) is 11.5 Å². The standard InChI is InChI=1S/C20H23ClN2O3/c1-4-26-18-14-15(13-17(21)20(18)25-3)8-9-19(24)23(2)12-10-16-7-5-6-11-22-16/h5-9,11,13-14H,4,10,12H2,1-3H3/b9-8+. The maximum atomic E-state index is 12.3. The molecule has 0 bridgehead atoms. The molecule has 5 nitrogen and oxygen atoms in total. The Labute approximate surface area is 159 Å². The van der Waals surface area contributed by atoms with E-state index in [1.807, 2.05) is 25.1 Å². The van der Waals surface area contributed by atoms with Crippen molar-refractivity contribution in [3.63, 3.8) is 0 Å². The SMILES string of the molecule is CCOc1cc(/C=C/C(=O)N(C)CCc2ccccn2)cc(Cl)c1OC. The highest BCUT2D eigenvalue weighted by Crippen LogP contribution is 2.36. The summed E-state index contributed by atoms with van der Waals surface area (Å²) in [6.45, 7) is 2.97. The van der Waals surface area contributed by atoms with Crippen LogP contribution < -0.4 is 9.47 Å². The molecule has 0 unspecified atom stereocenters. The van der Waals surface area contributed by atoms with Crippen LogP contribution in [0.25, 0.3) is 6.08 Å². The van der Waals surface area contributed by atoms with Crippen LogP contribution in [-0.4, -0.2) is 43.1 Å². The van der Waals surface area contributed by atoms with Gasteiger partial charge in [-0.1, -0.05) is 17.7 Å². The summed E-state index contributed by atoms with van der Waals surface area (Å²) in [5, 5.41) is 0.439. The summed E-state index contributed by atoms with van der Waals surface area (Å²) in [6, 6.07) is 9.29. The van der Waals surface area contributed by atoms with Gasteiger partial charge in [-0.2, -0.15) is 0 Å². The first-order chi connectivity index (χ1) is 12.5. The molecule has 0 aliphatic heterocycles. The molecule has 0 N–H and O–H groups in total. The van der Waals surface area contributed by atoms with Crippen molar-refractivity contribution in [3.05, 3.63) is 58.9 Å². The minimum atomic E-state index is -0.0918. The number of benzene rings is 1. The fraction of sp³-hybridized carbons (Fsp3) is 0.300. The lowest BCUT2D eigenvalue weighted by molar-refractivity contribution is -0.124. The average Bonchev–Trinajstić information content (AvgIpc) is 2.65. The topological polar surface area (TPSA) is 51.7 Å². The third kappa shape index (κ3) is 5.49. The van der Waals surface area contributed by atoms with Gasteiger partial charge >= 0.3 is 0 Å². The Morgan fingerprint density at radius 2 is 2.15 bits per heavy atom. The molecule has 1 aromatic heterocycles. The summed E-state index contributed by atoms with van der Waals surface area (Å²) in [5.74, 6) is 0.952. The van der Waals surface area contributed by atoms with Crippen molar-refractivity contribution in [1.82, 2.24) is 9.88 Å². The molecule has 1 heterocycles. The third-order valence-corrected chi connectivity index (χ3v) is 4.04. The molecule has 138 valence electrons. The molecule has 2 aromatic rings. The van der Waals surface area contributed by atoms with Crippen molar-refractivity contribution < 1.29 is 14.3 Å². The Kier molecular flexibility index (Phi) is 7.48. The fourth-order valence-corrected chi connectivity index (χ4v) is 2.67. The number of halogens is 1. The molecule has 0 aliphatic carbocycles. The summed E-state index contributed by atoms with van der Waals surface area (Å²) in [4.78, 5) is 18.2. The van der Waals surface area contributed by atoms with Gasteiger partial charge in [0.25, 0.3) is 0 Å². The zero-order chi connectivity index (χ0) is 18.9. The van der Waals surface area contributed by atoms with Crippen LogP contribution in [0.5, 0.6) is 11.5 Å². The highest BCUT2D eigenvalue weighted by atomic mass is 35.5. The number of carbonyl (C=O) groups is 1. The third-order valence-electron chi connectivity index (χ3n) is 3.76. The van der Waals surface area contributed by atoms with E-state index in [9.17, 15) is 4.79 Å². The highest BCUT2D eigenvalue weighted by Gasteiger charge is 2.11. The van der Waals surface area contributed by atoms with Crippen LogP contribution in [0.4, 0.5) is 0 Å². The molecular weight excluding hydrogens is 352 g/mol. The van der Waals surface area contributed by atoms with Crippen LogP contribution in [0, 0.1) is 0 Å². The predicted octanol–water partition coefficient (Wildman–Crippen LogP) is 3.86. The van der Waals surface area contributed by atoms with Gasteiger partial charge in [0.1, 0.15) is 0 Å². The van der Waals surface area contributed by atoms with Crippen LogP contribution >= 0.6 is 11.6 Å². The molecule has 0 fully saturated rings. The molecular formula is C20H23ClN2O3. The minimum Gasteiger partial charge on any atom is -0.491 e. The van der Waals surface area contributed by atoms with E-state index in [0.717, 1.165) is 11.3 Å². The Hall–Kier alpha value is -2.53. The summed E-state index contributed by atoms with van der Waals surface area (Å²) in [5.41, 5.74) is 1.73. The molecule has 1 aromatic carbocycles. The first-order valence-corrected chi connectivity index (χ1v) is 8.76. The lowest BCUT2D eigenvalue weighted by Gasteiger charge is -2.15. The van der Waals surface area contributed by atoms with E-state index in [1.165, 1.54) is 6.08 Å². The van der Waals surface area contributed by atoms with Crippen molar-refractivity contribution in [2.45, 2.75) is 13.3 Å². The molecule has 6 heteroatoms. The van der Waals surface area contributed by atoms with E-state index in [1.54, 1.807) is 43.5 Å². The largest absolute Gasteiger partial charge is 0.491 e. The molecule has 0 aliphatic rings. The first-order valence-electron chi connectivity index (χ1n) is 8.38. The monoisotopic (exact) mass is 374 g/mol. The van der Waals surface area contributed by atoms with E-state index >= 15 is 0 Å². The van der Waals surface area contributed by atoms with Gasteiger partial charge in [-0.15, -0.1) is 0 Å². The van der Waals surface area contributed by atoms with E-state index in [2.05, 4.69) is 4.98 Å². The van der Waals surface area contributed by atoms with Crippen LogP contribution in [0.1, 0.15) is 18.2 Å². The van der Waals surface area contributed by atoms with Gasteiger partial charge in [-0.05, 0) is 42.8 Å². The van der Waals surface area contributed by atoms with Crippen molar-refractivity contribution in [3.8, 4) is 11.5 Å². The predicted molar refractivity (Wildman–Crippen MR) is 104 cm³/mol. The molecule has 0 radical (unpaired) electrons. The van der Waals surface area contributed by atoms with Crippen LogP contribution in [0.3, 0.4) is 0 Å². The quantitative estimate of drug-likeness (QED) is 0.658. The number of rotatable bonds is 8. The Bertz CT molecular complexity index is 763. The second-order valence-corrected chi connectivity index (χ2v) is 6.04. The molecule has 0 saturated carbocycles. The second kappa shape index (κ2) is 9.82. The van der Waals surface area contributed by atoms with Crippen LogP contribution in [-0.2, 0) is 11.2 Å².